The molecule has 0 bridgehead atoms. The zero-order valence-electron chi connectivity index (χ0n) is 17.8. The Kier molecular flexibility index (Phi) is 5.64. The SMILES string of the molecule is Cc1cc(-c2cnc(-c3cc[n+](CCCS(=O)(=O)[O-])c4ccccc34)o2)cc(C)c1C. The third kappa shape index (κ3) is 4.52. The molecule has 2 aromatic carbocycles. The van der Waals surface area contributed by atoms with Gasteiger partial charge in [-0.2, -0.15) is 4.57 Å². The van der Waals surface area contributed by atoms with Crippen LogP contribution in [0.4, 0.5) is 0 Å². The van der Waals surface area contributed by atoms with Gasteiger partial charge in [-0.25, -0.2) is 13.4 Å². The first-order chi connectivity index (χ1) is 14.7. The van der Waals surface area contributed by atoms with Gasteiger partial charge in [-0.3, -0.25) is 0 Å². The lowest BCUT2D eigenvalue weighted by atomic mass is 10.00. The van der Waals surface area contributed by atoms with Gasteiger partial charge >= 0.3 is 0 Å². The van der Waals surface area contributed by atoms with E-state index in [1.54, 1.807) is 6.20 Å². The summed E-state index contributed by atoms with van der Waals surface area (Å²) >= 11 is 0. The summed E-state index contributed by atoms with van der Waals surface area (Å²) in [4.78, 5) is 4.52. The van der Waals surface area contributed by atoms with E-state index < -0.39 is 10.1 Å². The van der Waals surface area contributed by atoms with Gasteiger partial charge in [0, 0.05) is 29.9 Å². The van der Waals surface area contributed by atoms with Crippen LogP contribution in [0.5, 0.6) is 0 Å². The van der Waals surface area contributed by atoms with Crippen molar-refractivity contribution < 1.29 is 22.0 Å². The standard InChI is InChI=1S/C24H24N2O4S/c1-16-13-19(14-17(2)18(16)3)23-15-25-24(30-23)21-9-11-26(10-6-12-31(27,28)29)22-8-5-4-7-20(21)22/h4-5,7-9,11,13-15H,6,10,12H2,1-3H3. The second kappa shape index (κ2) is 8.24. The number of aromatic nitrogens is 2. The van der Waals surface area contributed by atoms with E-state index in [2.05, 4.69) is 37.9 Å². The monoisotopic (exact) mass is 436 g/mol. The summed E-state index contributed by atoms with van der Waals surface area (Å²) in [6, 6.07) is 13.9. The van der Waals surface area contributed by atoms with Crippen LogP contribution < -0.4 is 4.57 Å². The Bertz CT molecular complexity index is 1350. The number of oxazole rings is 1. The third-order valence-corrected chi connectivity index (χ3v) is 6.45. The van der Waals surface area contributed by atoms with E-state index in [0.717, 1.165) is 22.0 Å². The fourth-order valence-corrected chi connectivity index (χ4v) is 4.27. The van der Waals surface area contributed by atoms with Crippen LogP contribution in [-0.2, 0) is 16.7 Å². The Labute approximate surface area is 181 Å². The van der Waals surface area contributed by atoms with E-state index in [0.29, 0.717) is 18.2 Å². The molecule has 4 rings (SSSR count). The molecule has 31 heavy (non-hydrogen) atoms. The van der Waals surface area contributed by atoms with E-state index in [4.69, 9.17) is 4.42 Å². The van der Waals surface area contributed by atoms with Gasteiger partial charge < -0.3 is 8.97 Å². The fourth-order valence-electron chi connectivity index (χ4n) is 3.79. The van der Waals surface area contributed by atoms with Crippen molar-refractivity contribution in [1.29, 1.82) is 0 Å². The largest absolute Gasteiger partial charge is 0.748 e. The molecule has 0 saturated heterocycles. The maximum atomic E-state index is 10.9. The molecule has 0 unspecified atom stereocenters. The summed E-state index contributed by atoms with van der Waals surface area (Å²) in [5.41, 5.74) is 6.46. The van der Waals surface area contributed by atoms with Gasteiger partial charge in [-0.05, 0) is 55.7 Å². The van der Waals surface area contributed by atoms with Crippen molar-refractivity contribution in [1.82, 2.24) is 4.98 Å². The number of aryl methyl sites for hydroxylation is 3. The summed E-state index contributed by atoms with van der Waals surface area (Å²) in [6.45, 7) is 6.72. The fraction of sp³-hybridized carbons (Fsp3) is 0.250. The summed E-state index contributed by atoms with van der Waals surface area (Å²) < 4.78 is 40.8. The van der Waals surface area contributed by atoms with Crippen LogP contribution in [0.1, 0.15) is 23.1 Å². The van der Waals surface area contributed by atoms with Crippen LogP contribution in [0.3, 0.4) is 0 Å². The molecule has 6 nitrogen and oxygen atoms in total. The molecule has 0 radical (unpaired) electrons. The Morgan fingerprint density at radius 2 is 1.77 bits per heavy atom. The molecule has 160 valence electrons. The zero-order valence-corrected chi connectivity index (χ0v) is 18.6. The molecular weight excluding hydrogens is 412 g/mol. The van der Waals surface area contributed by atoms with Gasteiger partial charge in [0.15, 0.2) is 12.0 Å². The Hall–Kier alpha value is -3.03. The maximum Gasteiger partial charge on any atom is 0.227 e. The predicted octanol–water partition coefficient (Wildman–Crippen LogP) is 4.31. The van der Waals surface area contributed by atoms with Crippen molar-refractivity contribution in [3.05, 3.63) is 71.5 Å². The Morgan fingerprint density at radius 3 is 2.48 bits per heavy atom. The molecule has 0 amide bonds. The Morgan fingerprint density at radius 1 is 1.06 bits per heavy atom. The molecule has 0 N–H and O–H groups in total. The molecule has 0 aliphatic heterocycles. The van der Waals surface area contributed by atoms with Crippen LogP contribution in [-0.4, -0.2) is 23.7 Å². The highest BCUT2D eigenvalue weighted by Crippen LogP contribution is 2.31. The van der Waals surface area contributed by atoms with Crippen molar-refractivity contribution in [2.24, 2.45) is 0 Å². The van der Waals surface area contributed by atoms with Crippen molar-refractivity contribution in [3.63, 3.8) is 0 Å². The summed E-state index contributed by atoms with van der Waals surface area (Å²) in [7, 11) is -4.22. The first-order valence-electron chi connectivity index (χ1n) is 10.1. The second-order valence-corrected chi connectivity index (χ2v) is 9.34. The highest BCUT2D eigenvalue weighted by Gasteiger charge is 2.18. The number of rotatable bonds is 6. The molecule has 4 aromatic rings. The zero-order chi connectivity index (χ0) is 22.2. The molecule has 0 aliphatic rings. The highest BCUT2D eigenvalue weighted by atomic mass is 32.2. The number of nitrogens with zero attached hydrogens (tertiary/aromatic N) is 2. The minimum Gasteiger partial charge on any atom is -0.748 e. The van der Waals surface area contributed by atoms with Gasteiger partial charge in [-0.15, -0.1) is 0 Å². The van der Waals surface area contributed by atoms with Gasteiger partial charge in [0.25, 0.3) is 0 Å². The van der Waals surface area contributed by atoms with E-state index in [1.807, 2.05) is 41.1 Å². The van der Waals surface area contributed by atoms with Crippen LogP contribution in [0.25, 0.3) is 33.7 Å². The van der Waals surface area contributed by atoms with Crippen LogP contribution >= 0.6 is 0 Å². The summed E-state index contributed by atoms with van der Waals surface area (Å²) in [5, 5.41) is 0.944. The molecule has 7 heteroatoms. The first kappa shape index (κ1) is 21.2. The number of hydrogen-bond donors (Lipinski definition) is 0. The second-order valence-electron chi connectivity index (χ2n) is 7.82. The smallest absolute Gasteiger partial charge is 0.227 e. The van der Waals surface area contributed by atoms with Crippen LogP contribution in [0, 0.1) is 20.8 Å². The molecule has 0 spiro atoms. The number of benzene rings is 2. The average Bonchev–Trinajstić information content (AvgIpc) is 3.21. The number of fused-ring (bicyclic) bond motifs is 1. The minimum atomic E-state index is -4.22. The van der Waals surface area contributed by atoms with Crippen molar-refractivity contribution >= 4 is 21.0 Å². The van der Waals surface area contributed by atoms with Gasteiger partial charge in [0.05, 0.1) is 27.3 Å². The van der Waals surface area contributed by atoms with Crippen molar-refractivity contribution in [2.75, 3.05) is 5.75 Å². The molecule has 0 fully saturated rings. The molecule has 2 heterocycles. The maximum absolute atomic E-state index is 10.9. The normalized spacial score (nSPS) is 11.9. The first-order valence-corrected chi connectivity index (χ1v) is 11.7. The van der Waals surface area contributed by atoms with E-state index in [1.165, 1.54) is 16.7 Å². The summed E-state index contributed by atoms with van der Waals surface area (Å²) in [5.74, 6) is 0.855. The number of pyridine rings is 1. The van der Waals surface area contributed by atoms with Crippen molar-refractivity contribution in [2.45, 2.75) is 33.7 Å². The van der Waals surface area contributed by atoms with Crippen molar-refractivity contribution in [3.8, 4) is 22.8 Å². The molecule has 0 saturated carbocycles. The lowest BCUT2D eigenvalue weighted by Gasteiger charge is -2.08. The minimum absolute atomic E-state index is 0.259. The predicted molar refractivity (Wildman–Crippen MR) is 118 cm³/mol. The van der Waals surface area contributed by atoms with E-state index in [-0.39, 0.29) is 12.2 Å². The average molecular weight is 437 g/mol. The van der Waals surface area contributed by atoms with Gasteiger partial charge in [0.1, 0.15) is 6.54 Å². The van der Waals surface area contributed by atoms with Crippen LogP contribution in [0.15, 0.2) is 59.3 Å². The highest BCUT2D eigenvalue weighted by molar-refractivity contribution is 7.85. The van der Waals surface area contributed by atoms with E-state index in [9.17, 15) is 13.0 Å². The van der Waals surface area contributed by atoms with Gasteiger partial charge in [-0.1, -0.05) is 12.1 Å². The molecule has 0 aliphatic carbocycles. The van der Waals surface area contributed by atoms with E-state index >= 15 is 0 Å². The lowest BCUT2D eigenvalue weighted by Crippen LogP contribution is -2.35. The Balaban J connectivity index is 1.71. The molecule has 2 aromatic heterocycles. The summed E-state index contributed by atoms with van der Waals surface area (Å²) in [6.07, 6.45) is 3.88. The lowest BCUT2D eigenvalue weighted by molar-refractivity contribution is -0.671. The third-order valence-electron chi connectivity index (χ3n) is 5.67. The van der Waals surface area contributed by atoms with Crippen LogP contribution in [0.2, 0.25) is 0 Å². The molecular formula is C24H24N2O4S. The topological polar surface area (TPSA) is 87.1 Å². The molecule has 0 atom stereocenters. The number of para-hydroxylation sites is 1. The quantitative estimate of drug-likeness (QED) is 0.332. The number of hydrogen-bond acceptors (Lipinski definition) is 5. The van der Waals surface area contributed by atoms with Gasteiger partial charge in [0.2, 0.25) is 11.4 Å².